The van der Waals surface area contributed by atoms with Gasteiger partial charge in [-0.1, -0.05) is 36.4 Å². The first-order valence-corrected chi connectivity index (χ1v) is 6.31. The first-order valence-electron chi connectivity index (χ1n) is 6.31. The number of hydrogen-bond donors (Lipinski definition) is 2. The fourth-order valence-electron chi connectivity index (χ4n) is 1.90. The van der Waals surface area contributed by atoms with Crippen molar-refractivity contribution in [1.82, 2.24) is 5.43 Å². The van der Waals surface area contributed by atoms with E-state index in [9.17, 15) is 18.0 Å². The average Bonchev–Trinajstić information content (AvgIpc) is 2.52. The molecular formula is C15H13F3N2O2. The number of ether oxygens (including phenoxy) is 1. The van der Waals surface area contributed by atoms with Gasteiger partial charge in [-0.25, -0.2) is 5.84 Å². The number of halogens is 3. The Morgan fingerprint density at radius 3 is 2.36 bits per heavy atom. The highest BCUT2D eigenvalue weighted by Gasteiger charge is 2.36. The van der Waals surface area contributed by atoms with Gasteiger partial charge in [-0.15, -0.1) is 0 Å². The summed E-state index contributed by atoms with van der Waals surface area (Å²) in [5.74, 6) is 3.61. The van der Waals surface area contributed by atoms with Gasteiger partial charge in [0.2, 0.25) is 0 Å². The van der Waals surface area contributed by atoms with E-state index in [-0.39, 0.29) is 12.2 Å². The molecule has 2 rings (SSSR count). The number of carbonyl (C=O) groups excluding carboxylic acids is 1. The molecule has 0 heterocycles. The van der Waals surface area contributed by atoms with Gasteiger partial charge in [0, 0.05) is 0 Å². The van der Waals surface area contributed by atoms with E-state index in [4.69, 9.17) is 10.6 Å². The Morgan fingerprint density at radius 1 is 1.09 bits per heavy atom. The second-order valence-electron chi connectivity index (χ2n) is 4.43. The molecule has 1 amide bonds. The van der Waals surface area contributed by atoms with E-state index in [2.05, 4.69) is 0 Å². The van der Waals surface area contributed by atoms with E-state index < -0.39 is 23.4 Å². The van der Waals surface area contributed by atoms with Crippen LogP contribution in [0, 0.1) is 0 Å². The summed E-state index contributed by atoms with van der Waals surface area (Å²) in [4.78, 5) is 11.6. The third kappa shape index (κ3) is 3.56. The van der Waals surface area contributed by atoms with Gasteiger partial charge in [0.25, 0.3) is 5.91 Å². The molecule has 0 aliphatic carbocycles. The Kier molecular flexibility index (Phi) is 4.67. The molecule has 2 aromatic rings. The fraction of sp³-hybridized carbons (Fsp3) is 0.133. The van der Waals surface area contributed by atoms with Crippen LogP contribution in [0.4, 0.5) is 13.2 Å². The topological polar surface area (TPSA) is 64.3 Å². The smallest absolute Gasteiger partial charge is 0.419 e. The molecule has 2 aromatic carbocycles. The third-order valence-corrected chi connectivity index (χ3v) is 2.92. The molecule has 0 unspecified atom stereocenters. The number of nitrogens with one attached hydrogen (secondary N) is 1. The molecule has 0 atom stereocenters. The summed E-state index contributed by atoms with van der Waals surface area (Å²) in [6.07, 6.45) is -4.64. The van der Waals surface area contributed by atoms with Gasteiger partial charge in [-0.3, -0.25) is 10.2 Å². The van der Waals surface area contributed by atoms with Gasteiger partial charge in [0.05, 0.1) is 11.1 Å². The quantitative estimate of drug-likeness (QED) is 0.518. The van der Waals surface area contributed by atoms with Crippen molar-refractivity contribution in [2.24, 2.45) is 5.84 Å². The Balaban J connectivity index is 2.39. The number of carbonyl (C=O) groups is 1. The number of rotatable bonds is 4. The molecular weight excluding hydrogens is 297 g/mol. The SMILES string of the molecule is NNC(=O)c1cccc(C(F)(F)F)c1OCc1ccccc1. The first kappa shape index (κ1) is 15.8. The zero-order valence-electron chi connectivity index (χ0n) is 11.4. The molecule has 0 aliphatic rings. The second kappa shape index (κ2) is 6.48. The normalized spacial score (nSPS) is 11.1. The highest BCUT2D eigenvalue weighted by molar-refractivity contribution is 5.97. The molecule has 0 aliphatic heterocycles. The van der Waals surface area contributed by atoms with E-state index in [1.807, 2.05) is 5.43 Å². The molecule has 0 radical (unpaired) electrons. The molecule has 0 saturated carbocycles. The number of nitrogen functional groups attached to an aromatic ring is 1. The number of hydrazine groups is 1. The number of benzene rings is 2. The van der Waals surface area contributed by atoms with E-state index in [1.54, 1.807) is 30.3 Å². The summed E-state index contributed by atoms with van der Waals surface area (Å²) in [6, 6.07) is 11.9. The predicted octanol–water partition coefficient (Wildman–Crippen LogP) is 2.89. The predicted molar refractivity (Wildman–Crippen MR) is 73.9 cm³/mol. The minimum atomic E-state index is -4.64. The number of nitrogens with two attached hydrogens (primary N) is 1. The summed E-state index contributed by atoms with van der Waals surface area (Å²) >= 11 is 0. The van der Waals surface area contributed by atoms with Gasteiger partial charge in [-0.05, 0) is 17.7 Å². The molecule has 0 aromatic heterocycles. The number of para-hydroxylation sites is 1. The maximum Gasteiger partial charge on any atom is 0.419 e. The van der Waals surface area contributed by atoms with Crippen LogP contribution in [-0.2, 0) is 12.8 Å². The molecule has 4 nitrogen and oxygen atoms in total. The van der Waals surface area contributed by atoms with Crippen LogP contribution in [0.2, 0.25) is 0 Å². The largest absolute Gasteiger partial charge is 0.487 e. The van der Waals surface area contributed by atoms with Crippen LogP contribution in [0.3, 0.4) is 0 Å². The lowest BCUT2D eigenvalue weighted by atomic mass is 10.1. The number of amides is 1. The van der Waals surface area contributed by atoms with Crippen LogP contribution < -0.4 is 16.0 Å². The molecule has 7 heteroatoms. The summed E-state index contributed by atoms with van der Waals surface area (Å²) in [7, 11) is 0. The molecule has 0 saturated heterocycles. The van der Waals surface area contributed by atoms with Gasteiger partial charge < -0.3 is 4.74 Å². The highest BCUT2D eigenvalue weighted by atomic mass is 19.4. The zero-order chi connectivity index (χ0) is 16.2. The van der Waals surface area contributed by atoms with Crippen LogP contribution in [-0.4, -0.2) is 5.91 Å². The molecule has 22 heavy (non-hydrogen) atoms. The zero-order valence-corrected chi connectivity index (χ0v) is 11.4. The van der Waals surface area contributed by atoms with Crippen molar-refractivity contribution in [3.63, 3.8) is 0 Å². The first-order chi connectivity index (χ1) is 10.4. The molecule has 0 spiro atoms. The van der Waals surface area contributed by atoms with Crippen molar-refractivity contribution in [3.8, 4) is 5.75 Å². The van der Waals surface area contributed by atoms with Crippen molar-refractivity contribution < 1.29 is 22.7 Å². The summed E-state index contributed by atoms with van der Waals surface area (Å²) < 4.78 is 44.5. The van der Waals surface area contributed by atoms with Crippen LogP contribution in [0.25, 0.3) is 0 Å². The van der Waals surface area contributed by atoms with E-state index in [0.717, 1.165) is 12.1 Å². The minimum absolute atomic E-state index is 0.0984. The molecule has 0 bridgehead atoms. The van der Waals surface area contributed by atoms with Crippen molar-refractivity contribution in [2.75, 3.05) is 0 Å². The van der Waals surface area contributed by atoms with Crippen LogP contribution in [0.5, 0.6) is 5.75 Å². The monoisotopic (exact) mass is 310 g/mol. The van der Waals surface area contributed by atoms with Gasteiger partial charge >= 0.3 is 6.18 Å². The van der Waals surface area contributed by atoms with E-state index >= 15 is 0 Å². The summed E-state index contributed by atoms with van der Waals surface area (Å²) in [6.45, 7) is -0.0984. The highest BCUT2D eigenvalue weighted by Crippen LogP contribution is 2.38. The van der Waals surface area contributed by atoms with Gasteiger partial charge in [0.1, 0.15) is 12.4 Å². The fourth-order valence-corrected chi connectivity index (χ4v) is 1.90. The summed E-state index contributed by atoms with van der Waals surface area (Å²) in [5.41, 5.74) is 1.20. The molecule has 0 fully saturated rings. The average molecular weight is 310 g/mol. The number of alkyl halides is 3. The van der Waals surface area contributed by atoms with Crippen molar-refractivity contribution in [1.29, 1.82) is 0 Å². The lowest BCUT2D eigenvalue weighted by Crippen LogP contribution is -2.30. The summed E-state index contributed by atoms with van der Waals surface area (Å²) in [5, 5.41) is 0. The molecule has 3 N–H and O–H groups in total. The van der Waals surface area contributed by atoms with Crippen LogP contribution in [0.1, 0.15) is 21.5 Å². The Bertz CT molecular complexity index is 658. The van der Waals surface area contributed by atoms with Crippen molar-refractivity contribution in [3.05, 3.63) is 65.2 Å². The lowest BCUT2D eigenvalue weighted by molar-refractivity contribution is -0.139. The second-order valence-corrected chi connectivity index (χ2v) is 4.43. The Morgan fingerprint density at radius 2 is 1.77 bits per heavy atom. The maximum atomic E-state index is 13.1. The van der Waals surface area contributed by atoms with Gasteiger partial charge in [-0.2, -0.15) is 13.2 Å². The van der Waals surface area contributed by atoms with Crippen molar-refractivity contribution in [2.45, 2.75) is 12.8 Å². The van der Waals surface area contributed by atoms with Crippen LogP contribution >= 0.6 is 0 Å². The van der Waals surface area contributed by atoms with Gasteiger partial charge in [0.15, 0.2) is 0 Å². The third-order valence-electron chi connectivity index (χ3n) is 2.92. The maximum absolute atomic E-state index is 13.1. The van der Waals surface area contributed by atoms with E-state index in [0.29, 0.717) is 5.56 Å². The Hall–Kier alpha value is -2.54. The lowest BCUT2D eigenvalue weighted by Gasteiger charge is -2.17. The standard InChI is InChI=1S/C15H13F3N2O2/c16-15(17,18)12-8-4-7-11(14(21)20-19)13(12)22-9-10-5-2-1-3-6-10/h1-8H,9,19H2,(H,20,21). The Labute approximate surface area is 124 Å². The number of hydrogen-bond acceptors (Lipinski definition) is 3. The molecule has 116 valence electrons. The van der Waals surface area contributed by atoms with E-state index in [1.165, 1.54) is 6.07 Å². The minimum Gasteiger partial charge on any atom is -0.487 e. The van der Waals surface area contributed by atoms with Crippen molar-refractivity contribution >= 4 is 5.91 Å². The van der Waals surface area contributed by atoms with Crippen LogP contribution in [0.15, 0.2) is 48.5 Å².